The second-order valence-electron chi connectivity index (χ2n) is 7.13. The molecule has 8 heteroatoms. The third-order valence-electron chi connectivity index (χ3n) is 5.44. The number of carbonyl (C=O) groups excluding carboxylic acids is 2. The van der Waals surface area contributed by atoms with Gasteiger partial charge in [-0.25, -0.2) is 4.79 Å². The number of methoxy groups -OCH3 is 2. The van der Waals surface area contributed by atoms with Crippen molar-refractivity contribution in [3.63, 3.8) is 0 Å². The van der Waals surface area contributed by atoms with Crippen molar-refractivity contribution in [1.82, 2.24) is 14.7 Å². The van der Waals surface area contributed by atoms with Gasteiger partial charge in [-0.3, -0.25) is 9.69 Å². The van der Waals surface area contributed by atoms with Crippen LogP contribution in [0.3, 0.4) is 0 Å². The quantitative estimate of drug-likeness (QED) is 0.797. The van der Waals surface area contributed by atoms with Crippen LogP contribution in [0.25, 0.3) is 0 Å². The van der Waals surface area contributed by atoms with Gasteiger partial charge in [-0.05, 0) is 25.0 Å². The first-order valence-electron chi connectivity index (χ1n) is 9.84. The van der Waals surface area contributed by atoms with Gasteiger partial charge in [0.25, 0.3) is 0 Å². The Labute approximate surface area is 166 Å². The van der Waals surface area contributed by atoms with E-state index < -0.39 is 0 Å². The summed E-state index contributed by atoms with van der Waals surface area (Å²) in [5, 5.41) is 2.94. The van der Waals surface area contributed by atoms with E-state index in [2.05, 4.69) is 10.2 Å². The van der Waals surface area contributed by atoms with Crippen LogP contribution in [0, 0.1) is 0 Å². The normalized spacial score (nSPS) is 20.9. The third kappa shape index (κ3) is 4.74. The van der Waals surface area contributed by atoms with E-state index in [0.717, 1.165) is 25.9 Å². The summed E-state index contributed by atoms with van der Waals surface area (Å²) in [7, 11) is 3.24. The highest BCUT2D eigenvalue weighted by molar-refractivity contribution is 5.91. The van der Waals surface area contributed by atoms with Crippen molar-refractivity contribution in [1.29, 1.82) is 0 Å². The van der Waals surface area contributed by atoms with Crippen molar-refractivity contribution in [2.24, 2.45) is 0 Å². The van der Waals surface area contributed by atoms with Crippen LogP contribution >= 0.6 is 0 Å². The standard InChI is InChI=1S/C20H30N4O4/c1-27-15-14-23-11-8-17(19(23)25)22-9-5-10-24(13-12-22)20(26)21-16-6-3-4-7-18(16)28-2/h3-4,6-7,17H,5,8-15H2,1-2H3,(H,21,26). The summed E-state index contributed by atoms with van der Waals surface area (Å²) in [6.07, 6.45) is 1.69. The Morgan fingerprint density at radius 2 is 1.96 bits per heavy atom. The van der Waals surface area contributed by atoms with Crippen LogP contribution in [-0.4, -0.2) is 92.8 Å². The highest BCUT2D eigenvalue weighted by Gasteiger charge is 2.36. The predicted molar refractivity (Wildman–Crippen MR) is 107 cm³/mol. The summed E-state index contributed by atoms with van der Waals surface area (Å²) < 4.78 is 10.4. The number of nitrogens with one attached hydrogen (secondary N) is 1. The third-order valence-corrected chi connectivity index (χ3v) is 5.44. The summed E-state index contributed by atoms with van der Waals surface area (Å²) >= 11 is 0. The van der Waals surface area contributed by atoms with E-state index in [9.17, 15) is 9.59 Å². The van der Waals surface area contributed by atoms with Crippen molar-refractivity contribution in [2.75, 3.05) is 65.4 Å². The molecule has 0 radical (unpaired) electrons. The minimum absolute atomic E-state index is 0.0749. The van der Waals surface area contributed by atoms with Crippen LogP contribution in [-0.2, 0) is 9.53 Å². The zero-order valence-electron chi connectivity index (χ0n) is 16.7. The van der Waals surface area contributed by atoms with Crippen molar-refractivity contribution < 1.29 is 19.1 Å². The smallest absolute Gasteiger partial charge is 0.321 e. The summed E-state index contributed by atoms with van der Waals surface area (Å²) in [6.45, 7) is 4.79. The topological polar surface area (TPSA) is 74.3 Å². The van der Waals surface area contributed by atoms with Crippen molar-refractivity contribution in [2.45, 2.75) is 18.9 Å². The molecule has 2 aliphatic heterocycles. The monoisotopic (exact) mass is 390 g/mol. The second-order valence-corrected chi connectivity index (χ2v) is 7.13. The summed E-state index contributed by atoms with van der Waals surface area (Å²) in [4.78, 5) is 31.3. The number of benzene rings is 1. The van der Waals surface area contributed by atoms with Gasteiger partial charge in [0.1, 0.15) is 5.75 Å². The molecule has 0 aliphatic carbocycles. The Hall–Kier alpha value is -2.32. The van der Waals surface area contributed by atoms with E-state index in [1.54, 1.807) is 14.2 Å². The van der Waals surface area contributed by atoms with Gasteiger partial charge in [0.2, 0.25) is 5.91 Å². The van der Waals surface area contributed by atoms with E-state index in [1.807, 2.05) is 34.1 Å². The number of likely N-dealkylation sites (tertiary alicyclic amines) is 1. The number of ether oxygens (including phenoxy) is 2. The van der Waals surface area contributed by atoms with Gasteiger partial charge in [-0.1, -0.05) is 12.1 Å². The van der Waals surface area contributed by atoms with E-state index >= 15 is 0 Å². The Bertz CT molecular complexity index is 684. The summed E-state index contributed by atoms with van der Waals surface area (Å²) in [5.41, 5.74) is 0.663. The number of carbonyl (C=O) groups is 2. The van der Waals surface area contributed by atoms with Gasteiger partial charge in [-0.2, -0.15) is 0 Å². The number of hydrogen-bond donors (Lipinski definition) is 1. The number of amides is 3. The molecule has 154 valence electrons. The summed E-state index contributed by atoms with van der Waals surface area (Å²) in [6, 6.07) is 7.17. The lowest BCUT2D eigenvalue weighted by atomic mass is 10.2. The minimum atomic E-state index is -0.134. The second kappa shape index (κ2) is 9.75. The predicted octanol–water partition coefficient (Wildman–Crippen LogP) is 1.48. The molecule has 1 aromatic rings. The maximum Gasteiger partial charge on any atom is 0.321 e. The molecule has 2 fully saturated rings. The lowest BCUT2D eigenvalue weighted by Gasteiger charge is -2.26. The SMILES string of the molecule is COCCN1CCC(N2CCCN(C(=O)Nc3ccccc3OC)CC2)C1=O. The van der Waals surface area contributed by atoms with Gasteiger partial charge >= 0.3 is 6.03 Å². The fraction of sp³-hybridized carbons (Fsp3) is 0.600. The summed E-state index contributed by atoms with van der Waals surface area (Å²) in [5.74, 6) is 0.823. The van der Waals surface area contributed by atoms with Crippen molar-refractivity contribution in [3.8, 4) is 5.75 Å². The molecule has 8 nitrogen and oxygen atoms in total. The molecule has 2 aliphatic rings. The molecule has 0 bridgehead atoms. The fourth-order valence-electron chi connectivity index (χ4n) is 3.88. The average Bonchev–Trinajstić information content (AvgIpc) is 2.92. The molecule has 1 aromatic carbocycles. The van der Waals surface area contributed by atoms with Crippen molar-refractivity contribution in [3.05, 3.63) is 24.3 Å². The molecular weight excluding hydrogens is 360 g/mol. The first-order chi connectivity index (χ1) is 13.6. The Morgan fingerprint density at radius 3 is 2.75 bits per heavy atom. The number of nitrogens with zero attached hydrogens (tertiary/aromatic N) is 3. The van der Waals surface area contributed by atoms with E-state index in [4.69, 9.17) is 9.47 Å². The molecule has 1 unspecified atom stereocenters. The molecule has 0 saturated carbocycles. The first kappa shape index (κ1) is 20.4. The zero-order valence-corrected chi connectivity index (χ0v) is 16.7. The molecule has 28 heavy (non-hydrogen) atoms. The van der Waals surface area contributed by atoms with E-state index in [1.165, 1.54) is 0 Å². The van der Waals surface area contributed by atoms with Gasteiger partial charge in [-0.15, -0.1) is 0 Å². The van der Waals surface area contributed by atoms with Gasteiger partial charge < -0.3 is 24.6 Å². The Morgan fingerprint density at radius 1 is 1.14 bits per heavy atom. The lowest BCUT2D eigenvalue weighted by Crippen LogP contribution is -2.44. The number of rotatable bonds is 6. The van der Waals surface area contributed by atoms with E-state index in [-0.39, 0.29) is 18.0 Å². The van der Waals surface area contributed by atoms with Crippen LogP contribution in [0.5, 0.6) is 5.75 Å². The fourth-order valence-corrected chi connectivity index (χ4v) is 3.88. The van der Waals surface area contributed by atoms with Crippen LogP contribution in [0.4, 0.5) is 10.5 Å². The van der Waals surface area contributed by atoms with Gasteiger partial charge in [0.05, 0.1) is 25.4 Å². The average molecular weight is 390 g/mol. The lowest BCUT2D eigenvalue weighted by molar-refractivity contribution is -0.132. The molecule has 1 atom stereocenters. The molecule has 3 amide bonds. The van der Waals surface area contributed by atoms with Crippen LogP contribution in [0.15, 0.2) is 24.3 Å². The zero-order chi connectivity index (χ0) is 19.9. The maximum atomic E-state index is 12.7. The Balaban J connectivity index is 1.55. The number of urea groups is 1. The number of anilines is 1. The molecule has 0 aromatic heterocycles. The molecular formula is C20H30N4O4. The molecule has 0 spiro atoms. The molecule has 3 rings (SSSR count). The van der Waals surface area contributed by atoms with E-state index in [0.29, 0.717) is 44.2 Å². The molecule has 2 heterocycles. The van der Waals surface area contributed by atoms with Gasteiger partial charge in [0.15, 0.2) is 0 Å². The number of para-hydroxylation sites is 2. The highest BCUT2D eigenvalue weighted by atomic mass is 16.5. The number of hydrogen-bond acceptors (Lipinski definition) is 5. The molecule has 2 saturated heterocycles. The molecule has 1 N–H and O–H groups in total. The van der Waals surface area contributed by atoms with Crippen molar-refractivity contribution >= 4 is 17.6 Å². The first-order valence-corrected chi connectivity index (χ1v) is 9.84. The van der Waals surface area contributed by atoms with Crippen LogP contribution in [0.2, 0.25) is 0 Å². The van der Waals surface area contributed by atoms with Crippen LogP contribution < -0.4 is 10.1 Å². The largest absolute Gasteiger partial charge is 0.495 e. The highest BCUT2D eigenvalue weighted by Crippen LogP contribution is 2.24. The Kier molecular flexibility index (Phi) is 7.11. The minimum Gasteiger partial charge on any atom is -0.495 e. The van der Waals surface area contributed by atoms with Crippen LogP contribution in [0.1, 0.15) is 12.8 Å². The maximum absolute atomic E-state index is 12.7. The van der Waals surface area contributed by atoms with Gasteiger partial charge in [0, 0.05) is 46.4 Å².